The van der Waals surface area contributed by atoms with E-state index in [2.05, 4.69) is 10.0 Å². The van der Waals surface area contributed by atoms with Crippen LogP contribution < -0.4 is 14.8 Å². The van der Waals surface area contributed by atoms with Crippen LogP contribution >= 0.6 is 0 Å². The van der Waals surface area contributed by atoms with Crippen molar-refractivity contribution in [1.29, 1.82) is 0 Å². The molecule has 0 saturated carbocycles. The zero-order valence-electron chi connectivity index (χ0n) is 12.5. The highest BCUT2D eigenvalue weighted by molar-refractivity contribution is 7.89. The molecule has 0 bridgehead atoms. The van der Waals surface area contributed by atoms with Gasteiger partial charge in [0.1, 0.15) is 5.75 Å². The minimum Gasteiger partial charge on any atom is -0.484 e. The van der Waals surface area contributed by atoms with E-state index >= 15 is 0 Å². The number of hydrogen-bond acceptors (Lipinski definition) is 4. The first-order valence-corrected chi connectivity index (χ1v) is 8.52. The number of likely N-dealkylation sites (N-methyl/N-ethyl adjacent to an activating group) is 1. The van der Waals surface area contributed by atoms with Gasteiger partial charge in [-0.25, -0.2) is 13.1 Å². The van der Waals surface area contributed by atoms with Gasteiger partial charge in [-0.2, -0.15) is 0 Å². The fourth-order valence-corrected chi connectivity index (χ4v) is 2.53. The summed E-state index contributed by atoms with van der Waals surface area (Å²) < 4.78 is 31.1. The molecule has 0 aliphatic rings. The summed E-state index contributed by atoms with van der Waals surface area (Å²) in [5.41, 5.74) is 0.778. The third kappa shape index (κ3) is 6.14. The van der Waals surface area contributed by atoms with E-state index in [1.807, 2.05) is 13.0 Å². The highest BCUT2D eigenvalue weighted by atomic mass is 32.2. The van der Waals surface area contributed by atoms with Crippen molar-refractivity contribution in [2.45, 2.75) is 26.8 Å². The lowest BCUT2D eigenvalue weighted by molar-refractivity contribution is -0.122. The molecule has 7 heteroatoms. The molecule has 0 saturated heterocycles. The average molecular weight is 314 g/mol. The van der Waals surface area contributed by atoms with Gasteiger partial charge in [-0.05, 0) is 38.5 Å². The molecule has 1 atom stereocenters. The first-order chi connectivity index (χ1) is 9.88. The number of carbonyl (C=O) groups is 1. The number of rotatable bonds is 8. The Balaban J connectivity index is 2.69. The molecular weight excluding hydrogens is 292 g/mol. The molecule has 2 N–H and O–H groups in total. The molecule has 21 heavy (non-hydrogen) atoms. The Bertz CT molecular complexity index is 572. The second-order valence-corrected chi connectivity index (χ2v) is 6.60. The van der Waals surface area contributed by atoms with Crippen molar-refractivity contribution in [1.82, 2.24) is 10.0 Å². The van der Waals surface area contributed by atoms with Crippen LogP contribution in [0.15, 0.2) is 24.3 Å². The van der Waals surface area contributed by atoms with Crippen molar-refractivity contribution in [3.05, 3.63) is 29.8 Å². The van der Waals surface area contributed by atoms with Gasteiger partial charge in [0, 0.05) is 12.6 Å². The van der Waals surface area contributed by atoms with Gasteiger partial charge in [0.25, 0.3) is 5.91 Å². The average Bonchev–Trinajstić information content (AvgIpc) is 2.45. The number of nitrogens with one attached hydrogen (secondary N) is 2. The van der Waals surface area contributed by atoms with Crippen LogP contribution in [0.3, 0.4) is 0 Å². The largest absolute Gasteiger partial charge is 0.484 e. The zero-order chi connectivity index (χ0) is 15.9. The predicted molar refractivity (Wildman–Crippen MR) is 81.6 cm³/mol. The van der Waals surface area contributed by atoms with Crippen molar-refractivity contribution in [2.75, 3.05) is 18.9 Å². The van der Waals surface area contributed by atoms with Gasteiger partial charge in [0.05, 0.1) is 5.75 Å². The third-order valence-corrected chi connectivity index (χ3v) is 4.31. The van der Waals surface area contributed by atoms with Gasteiger partial charge in [0.15, 0.2) is 6.61 Å². The summed E-state index contributed by atoms with van der Waals surface area (Å²) in [6.07, 6.45) is 0. The van der Waals surface area contributed by atoms with Crippen LogP contribution in [0.25, 0.3) is 0 Å². The first-order valence-electron chi connectivity index (χ1n) is 6.87. The molecule has 0 spiro atoms. The number of ether oxygens (including phenoxy) is 1. The van der Waals surface area contributed by atoms with E-state index in [1.165, 1.54) is 0 Å². The summed E-state index contributed by atoms with van der Waals surface area (Å²) in [6.45, 7) is 5.67. The molecule has 1 amide bonds. The van der Waals surface area contributed by atoms with Crippen molar-refractivity contribution in [3.63, 3.8) is 0 Å². The van der Waals surface area contributed by atoms with E-state index in [4.69, 9.17) is 4.74 Å². The second kappa shape index (κ2) is 7.99. The van der Waals surface area contributed by atoms with E-state index < -0.39 is 10.0 Å². The molecule has 0 radical (unpaired) electrons. The number of benzene rings is 1. The van der Waals surface area contributed by atoms with Gasteiger partial charge in [-0.1, -0.05) is 12.1 Å². The summed E-state index contributed by atoms with van der Waals surface area (Å²) in [7, 11) is -3.27. The highest BCUT2D eigenvalue weighted by Crippen LogP contribution is 2.19. The SMILES string of the molecule is CCNC(=O)COc1cccc([C@@H](C)NS(=O)(=O)CC)c1. The van der Waals surface area contributed by atoms with E-state index in [1.54, 1.807) is 32.0 Å². The van der Waals surface area contributed by atoms with Crippen LogP contribution in [-0.4, -0.2) is 33.2 Å². The maximum absolute atomic E-state index is 11.6. The standard InChI is InChI=1S/C14H22N2O4S/c1-4-15-14(17)10-20-13-8-6-7-12(9-13)11(3)16-21(18,19)5-2/h6-9,11,16H,4-5,10H2,1-3H3,(H,15,17)/t11-/m1/s1. The number of carbonyl (C=O) groups excluding carboxylic acids is 1. The Morgan fingerprint density at radius 3 is 2.67 bits per heavy atom. The number of hydrogen-bond donors (Lipinski definition) is 2. The predicted octanol–water partition coefficient (Wildman–Crippen LogP) is 1.20. The van der Waals surface area contributed by atoms with Gasteiger partial charge in [-0.15, -0.1) is 0 Å². The van der Waals surface area contributed by atoms with Gasteiger partial charge >= 0.3 is 0 Å². The van der Waals surface area contributed by atoms with Crippen LogP contribution in [0.5, 0.6) is 5.75 Å². The maximum Gasteiger partial charge on any atom is 0.257 e. The molecule has 1 rings (SSSR count). The zero-order valence-corrected chi connectivity index (χ0v) is 13.4. The molecule has 0 aliphatic carbocycles. The first kappa shape index (κ1) is 17.5. The summed E-state index contributed by atoms with van der Waals surface area (Å²) >= 11 is 0. The van der Waals surface area contributed by atoms with Gasteiger partial charge < -0.3 is 10.1 Å². The normalized spacial score (nSPS) is 12.7. The second-order valence-electron chi connectivity index (χ2n) is 4.56. The fraction of sp³-hybridized carbons (Fsp3) is 0.500. The molecular formula is C14H22N2O4S. The van der Waals surface area contributed by atoms with Crippen LogP contribution in [0.1, 0.15) is 32.4 Å². The van der Waals surface area contributed by atoms with Gasteiger partial charge in [0.2, 0.25) is 10.0 Å². The molecule has 118 valence electrons. The van der Waals surface area contributed by atoms with E-state index in [9.17, 15) is 13.2 Å². The topological polar surface area (TPSA) is 84.5 Å². The maximum atomic E-state index is 11.6. The van der Waals surface area contributed by atoms with Crippen molar-refractivity contribution in [3.8, 4) is 5.75 Å². The monoisotopic (exact) mass is 314 g/mol. The van der Waals surface area contributed by atoms with Crippen LogP contribution in [0.4, 0.5) is 0 Å². The van der Waals surface area contributed by atoms with E-state index in [-0.39, 0.29) is 24.3 Å². The smallest absolute Gasteiger partial charge is 0.257 e. The molecule has 0 unspecified atom stereocenters. The lowest BCUT2D eigenvalue weighted by Crippen LogP contribution is -2.29. The minimum atomic E-state index is -3.27. The van der Waals surface area contributed by atoms with Gasteiger partial charge in [-0.3, -0.25) is 4.79 Å². The number of amides is 1. The Morgan fingerprint density at radius 2 is 2.05 bits per heavy atom. The fourth-order valence-electron chi connectivity index (χ4n) is 1.69. The lowest BCUT2D eigenvalue weighted by atomic mass is 10.1. The number of sulfonamides is 1. The van der Waals surface area contributed by atoms with Crippen molar-refractivity contribution < 1.29 is 17.9 Å². The Labute approximate surface area is 125 Å². The molecule has 0 aliphatic heterocycles. The molecule has 0 heterocycles. The van der Waals surface area contributed by atoms with Crippen LogP contribution in [0, 0.1) is 0 Å². The Kier molecular flexibility index (Phi) is 6.64. The van der Waals surface area contributed by atoms with Crippen LogP contribution in [-0.2, 0) is 14.8 Å². The molecule has 1 aromatic rings. The molecule has 1 aromatic carbocycles. The molecule has 0 fully saturated rings. The highest BCUT2D eigenvalue weighted by Gasteiger charge is 2.14. The minimum absolute atomic E-state index is 0.0325. The molecule has 0 aromatic heterocycles. The van der Waals surface area contributed by atoms with Crippen LogP contribution in [0.2, 0.25) is 0 Å². The third-order valence-electron chi connectivity index (χ3n) is 2.84. The molecule has 6 nitrogen and oxygen atoms in total. The summed E-state index contributed by atoms with van der Waals surface area (Å²) in [6, 6.07) is 6.66. The van der Waals surface area contributed by atoms with E-state index in [0.29, 0.717) is 12.3 Å². The summed E-state index contributed by atoms with van der Waals surface area (Å²) in [4.78, 5) is 11.3. The van der Waals surface area contributed by atoms with E-state index in [0.717, 1.165) is 5.56 Å². The lowest BCUT2D eigenvalue weighted by Gasteiger charge is -2.15. The Hall–Kier alpha value is -1.60. The Morgan fingerprint density at radius 1 is 1.33 bits per heavy atom. The quantitative estimate of drug-likeness (QED) is 0.755. The summed E-state index contributed by atoms with van der Waals surface area (Å²) in [5, 5.41) is 2.64. The van der Waals surface area contributed by atoms with Crippen molar-refractivity contribution in [2.24, 2.45) is 0 Å². The summed E-state index contributed by atoms with van der Waals surface area (Å²) in [5.74, 6) is 0.369. The van der Waals surface area contributed by atoms with Crippen molar-refractivity contribution >= 4 is 15.9 Å².